The highest BCUT2D eigenvalue weighted by Crippen LogP contribution is 2.27. The van der Waals surface area contributed by atoms with Crippen molar-refractivity contribution in [2.45, 2.75) is 13.5 Å². The van der Waals surface area contributed by atoms with Gasteiger partial charge in [0.15, 0.2) is 5.82 Å². The van der Waals surface area contributed by atoms with Gasteiger partial charge in [-0.3, -0.25) is 10.1 Å². The van der Waals surface area contributed by atoms with Crippen LogP contribution in [0, 0.1) is 17.0 Å². The fraction of sp³-hybridized carbons (Fsp3) is 0.444. The van der Waals surface area contributed by atoms with Crippen LogP contribution >= 0.6 is 0 Å². The summed E-state index contributed by atoms with van der Waals surface area (Å²) in [5.41, 5.74) is 0.364. The predicted molar refractivity (Wildman–Crippen MR) is 62.9 cm³/mol. The normalized spacial score (nSPS) is 10.6. The molecule has 0 bridgehead atoms. The third-order valence-corrected chi connectivity index (χ3v) is 2.59. The highest BCUT2D eigenvalue weighted by Gasteiger charge is 2.23. The molecule has 0 amide bonds. The molecule has 2 aromatic rings. The molecule has 2 rings (SSSR count). The largest absolute Gasteiger partial charge is 0.357 e. The maximum absolute atomic E-state index is 11.0. The molecule has 0 aliphatic carbocycles. The molecule has 0 saturated heterocycles. The van der Waals surface area contributed by atoms with Crippen molar-refractivity contribution in [1.82, 2.24) is 24.5 Å². The molecule has 0 saturated carbocycles. The number of rotatable bonds is 4. The first-order valence-electron chi connectivity index (χ1n) is 5.25. The molecule has 1 N–H and O–H groups in total. The number of aromatic nitrogens is 5. The van der Waals surface area contributed by atoms with Crippen molar-refractivity contribution in [2.75, 3.05) is 5.32 Å². The molecule has 2 aromatic heterocycles. The summed E-state index contributed by atoms with van der Waals surface area (Å²) in [6.45, 7) is 1.95. The molecule has 0 aliphatic rings. The van der Waals surface area contributed by atoms with Crippen LogP contribution in [0.3, 0.4) is 0 Å². The maximum atomic E-state index is 11.0. The van der Waals surface area contributed by atoms with Gasteiger partial charge in [0.25, 0.3) is 0 Å². The van der Waals surface area contributed by atoms with Gasteiger partial charge in [0.05, 0.1) is 11.5 Å². The van der Waals surface area contributed by atoms with E-state index >= 15 is 0 Å². The lowest BCUT2D eigenvalue weighted by Gasteiger charge is -2.05. The Morgan fingerprint density at radius 2 is 2.22 bits per heavy atom. The molecule has 0 fully saturated rings. The van der Waals surface area contributed by atoms with E-state index in [0.717, 1.165) is 0 Å². The van der Waals surface area contributed by atoms with E-state index in [-0.39, 0.29) is 5.69 Å². The topological polar surface area (TPSA) is 104 Å². The van der Waals surface area contributed by atoms with E-state index < -0.39 is 4.92 Å². The third kappa shape index (κ3) is 2.01. The fourth-order valence-electron chi connectivity index (χ4n) is 1.69. The lowest BCUT2D eigenvalue weighted by atomic mass is 10.4. The maximum Gasteiger partial charge on any atom is 0.333 e. The number of nitrogens with one attached hydrogen (secondary N) is 1. The van der Waals surface area contributed by atoms with Crippen molar-refractivity contribution in [3.8, 4) is 0 Å². The molecule has 9 nitrogen and oxygen atoms in total. The summed E-state index contributed by atoms with van der Waals surface area (Å²) in [5.74, 6) is 1.05. The van der Waals surface area contributed by atoms with Crippen molar-refractivity contribution in [2.24, 2.45) is 14.1 Å². The Hall–Kier alpha value is -2.45. The summed E-state index contributed by atoms with van der Waals surface area (Å²) in [6, 6.07) is 0. The fourth-order valence-corrected chi connectivity index (χ4v) is 1.69. The Kier molecular flexibility index (Phi) is 2.96. The number of anilines is 1. The average molecular weight is 251 g/mol. The molecule has 0 aliphatic heterocycles. The Morgan fingerprint density at radius 1 is 1.50 bits per heavy atom. The highest BCUT2D eigenvalue weighted by atomic mass is 16.6. The van der Waals surface area contributed by atoms with Crippen LogP contribution in [0.1, 0.15) is 11.5 Å². The third-order valence-electron chi connectivity index (χ3n) is 2.59. The van der Waals surface area contributed by atoms with E-state index in [9.17, 15) is 10.1 Å². The second-order valence-corrected chi connectivity index (χ2v) is 3.87. The van der Waals surface area contributed by atoms with E-state index in [1.54, 1.807) is 31.9 Å². The van der Waals surface area contributed by atoms with Gasteiger partial charge in [0.2, 0.25) is 5.82 Å². The zero-order valence-corrected chi connectivity index (χ0v) is 10.3. The van der Waals surface area contributed by atoms with Crippen LogP contribution in [0.5, 0.6) is 0 Å². The van der Waals surface area contributed by atoms with E-state index in [1.807, 2.05) is 0 Å². The molecule has 0 spiro atoms. The molecule has 2 heterocycles. The standard InChI is InChI=1S/C9H13N7O2/c1-6-8(16(17)18)9(15(3)13-6)10-4-7-12-11-5-14(7)2/h5,10H,4H2,1-3H3. The predicted octanol–water partition coefficient (Wildman–Crippen LogP) is 0.377. The van der Waals surface area contributed by atoms with Gasteiger partial charge >= 0.3 is 5.69 Å². The van der Waals surface area contributed by atoms with Crippen molar-refractivity contribution in [3.05, 3.63) is 28.0 Å². The zero-order chi connectivity index (χ0) is 13.3. The van der Waals surface area contributed by atoms with Gasteiger partial charge in [-0.25, -0.2) is 4.68 Å². The average Bonchev–Trinajstić information content (AvgIpc) is 2.79. The van der Waals surface area contributed by atoms with Gasteiger partial charge in [0, 0.05) is 14.1 Å². The van der Waals surface area contributed by atoms with Crippen LogP contribution < -0.4 is 5.32 Å². The quantitative estimate of drug-likeness (QED) is 0.622. The number of hydrogen-bond donors (Lipinski definition) is 1. The van der Waals surface area contributed by atoms with Crippen LogP contribution in [-0.4, -0.2) is 29.5 Å². The molecular formula is C9H13N7O2. The van der Waals surface area contributed by atoms with Gasteiger partial charge in [-0.2, -0.15) is 5.10 Å². The number of nitro groups is 1. The molecule has 0 radical (unpaired) electrons. The van der Waals surface area contributed by atoms with Gasteiger partial charge in [-0.05, 0) is 6.92 Å². The van der Waals surface area contributed by atoms with Crippen LogP contribution in [0.2, 0.25) is 0 Å². The number of nitrogens with zero attached hydrogens (tertiary/aromatic N) is 6. The first-order chi connectivity index (χ1) is 8.50. The van der Waals surface area contributed by atoms with Crippen LogP contribution in [0.15, 0.2) is 6.33 Å². The van der Waals surface area contributed by atoms with Crippen molar-refractivity contribution in [1.29, 1.82) is 0 Å². The van der Waals surface area contributed by atoms with Gasteiger partial charge in [-0.15, -0.1) is 10.2 Å². The monoisotopic (exact) mass is 251 g/mol. The summed E-state index contributed by atoms with van der Waals surface area (Å²) < 4.78 is 3.19. The van der Waals surface area contributed by atoms with Gasteiger partial charge in [0.1, 0.15) is 12.0 Å². The summed E-state index contributed by atoms with van der Waals surface area (Å²) in [5, 5.41) is 25.6. The van der Waals surface area contributed by atoms with Crippen LogP contribution in [0.4, 0.5) is 11.5 Å². The summed E-state index contributed by atoms with van der Waals surface area (Å²) in [4.78, 5) is 10.5. The summed E-state index contributed by atoms with van der Waals surface area (Å²) >= 11 is 0. The Morgan fingerprint density at radius 3 is 2.78 bits per heavy atom. The molecule has 96 valence electrons. The van der Waals surface area contributed by atoms with E-state index in [1.165, 1.54) is 4.68 Å². The molecule has 0 aromatic carbocycles. The van der Waals surface area contributed by atoms with Crippen molar-refractivity contribution < 1.29 is 4.92 Å². The molecule has 9 heteroatoms. The van der Waals surface area contributed by atoms with E-state index in [4.69, 9.17) is 0 Å². The Balaban J connectivity index is 2.24. The second kappa shape index (κ2) is 4.43. The van der Waals surface area contributed by atoms with Crippen molar-refractivity contribution in [3.63, 3.8) is 0 Å². The SMILES string of the molecule is Cc1nn(C)c(NCc2nncn2C)c1[N+](=O)[O-]. The zero-order valence-electron chi connectivity index (χ0n) is 10.3. The smallest absolute Gasteiger partial charge is 0.333 e. The van der Waals surface area contributed by atoms with Gasteiger partial charge in [-0.1, -0.05) is 0 Å². The second-order valence-electron chi connectivity index (χ2n) is 3.87. The highest BCUT2D eigenvalue weighted by molar-refractivity contribution is 5.59. The van der Waals surface area contributed by atoms with E-state index in [2.05, 4.69) is 20.6 Å². The first-order valence-corrected chi connectivity index (χ1v) is 5.25. The Labute approximate surface area is 103 Å². The minimum absolute atomic E-state index is 0.0142. The van der Waals surface area contributed by atoms with Crippen molar-refractivity contribution >= 4 is 11.5 Å². The summed E-state index contributed by atoms with van der Waals surface area (Å²) in [6.07, 6.45) is 1.57. The molecular weight excluding hydrogens is 238 g/mol. The molecule has 0 unspecified atom stereocenters. The van der Waals surface area contributed by atoms with Crippen LogP contribution in [0.25, 0.3) is 0 Å². The number of hydrogen-bond acceptors (Lipinski definition) is 6. The Bertz CT molecular complexity index is 586. The van der Waals surface area contributed by atoms with Gasteiger partial charge < -0.3 is 9.88 Å². The number of aryl methyl sites for hydroxylation is 3. The first kappa shape index (κ1) is 12.0. The van der Waals surface area contributed by atoms with Crippen LogP contribution in [-0.2, 0) is 20.6 Å². The minimum atomic E-state index is -0.443. The minimum Gasteiger partial charge on any atom is -0.357 e. The lowest BCUT2D eigenvalue weighted by Crippen LogP contribution is -2.09. The summed E-state index contributed by atoms with van der Waals surface area (Å²) in [7, 11) is 3.46. The lowest BCUT2D eigenvalue weighted by molar-refractivity contribution is -0.384. The molecule has 18 heavy (non-hydrogen) atoms. The molecule has 0 atom stereocenters. The van der Waals surface area contributed by atoms with E-state index in [0.29, 0.717) is 23.9 Å².